The molecule has 2 aromatic heterocycles. The summed E-state index contributed by atoms with van der Waals surface area (Å²) in [5, 5.41) is 0. The maximum Gasteiger partial charge on any atom is 0.159 e. The number of nitrogens with zero attached hydrogens (tertiary/aromatic N) is 2. The monoisotopic (exact) mass is 313 g/mol. The summed E-state index contributed by atoms with van der Waals surface area (Å²) in [6, 6.07) is 0. The van der Waals surface area contributed by atoms with Crippen molar-refractivity contribution in [2.24, 2.45) is 0 Å². The fourth-order valence-electron chi connectivity index (χ4n) is 1.40. The Labute approximate surface area is 112 Å². The number of aromatic nitrogens is 2. The molecule has 0 aliphatic carbocycles. The quantitative estimate of drug-likeness (QED) is 0.942. The normalized spacial score (nSPS) is 10.5. The zero-order valence-electron chi connectivity index (χ0n) is 9.31. The third-order valence-corrected chi connectivity index (χ3v) is 3.86. The molecule has 0 spiro atoms. The zero-order chi connectivity index (χ0) is 12.3. The van der Waals surface area contributed by atoms with E-state index in [2.05, 4.69) is 25.9 Å². The predicted molar refractivity (Wildman–Crippen MR) is 72.4 cm³/mol. The Hall–Kier alpha value is -1.14. The van der Waals surface area contributed by atoms with Gasteiger partial charge in [-0.3, -0.25) is 4.98 Å². The standard InChI is InChI=1S/C11H12BrN3OS/c1-7-10(17-6-15-7)2-3-16-11-8(12)4-14-5-9(11)13/h4-6H,2-3,13H2,1H3. The van der Waals surface area contributed by atoms with Gasteiger partial charge in [-0.15, -0.1) is 11.3 Å². The van der Waals surface area contributed by atoms with Gasteiger partial charge in [-0.25, -0.2) is 4.98 Å². The Morgan fingerprint density at radius 1 is 1.47 bits per heavy atom. The first-order chi connectivity index (χ1) is 8.18. The van der Waals surface area contributed by atoms with Crippen LogP contribution < -0.4 is 10.5 Å². The second-order valence-electron chi connectivity index (χ2n) is 3.50. The number of pyridine rings is 1. The number of hydrogen-bond acceptors (Lipinski definition) is 5. The maximum absolute atomic E-state index is 5.78. The van der Waals surface area contributed by atoms with Crippen LogP contribution in [-0.2, 0) is 6.42 Å². The summed E-state index contributed by atoms with van der Waals surface area (Å²) in [6.45, 7) is 2.58. The van der Waals surface area contributed by atoms with Crippen molar-refractivity contribution in [2.45, 2.75) is 13.3 Å². The lowest BCUT2D eigenvalue weighted by atomic mass is 10.3. The van der Waals surface area contributed by atoms with E-state index < -0.39 is 0 Å². The molecule has 0 bridgehead atoms. The molecular weight excluding hydrogens is 302 g/mol. The summed E-state index contributed by atoms with van der Waals surface area (Å²) < 4.78 is 6.44. The number of nitrogen functional groups attached to an aromatic ring is 1. The van der Waals surface area contributed by atoms with Gasteiger partial charge in [0.1, 0.15) is 0 Å². The maximum atomic E-state index is 5.78. The van der Waals surface area contributed by atoms with Crippen LogP contribution in [0.5, 0.6) is 5.75 Å². The van der Waals surface area contributed by atoms with Gasteiger partial charge in [0, 0.05) is 17.5 Å². The van der Waals surface area contributed by atoms with Crippen LogP contribution >= 0.6 is 27.3 Å². The Morgan fingerprint density at radius 3 is 2.94 bits per heavy atom. The minimum atomic E-state index is 0.542. The third kappa shape index (κ3) is 2.95. The first-order valence-corrected chi connectivity index (χ1v) is 6.76. The molecule has 0 radical (unpaired) electrons. The van der Waals surface area contributed by atoms with Gasteiger partial charge in [0.15, 0.2) is 5.75 Å². The lowest BCUT2D eigenvalue weighted by molar-refractivity contribution is 0.322. The number of ether oxygens (including phenoxy) is 1. The molecule has 0 saturated carbocycles. The second-order valence-corrected chi connectivity index (χ2v) is 5.29. The summed E-state index contributed by atoms with van der Waals surface area (Å²) in [5.74, 6) is 0.655. The van der Waals surface area contributed by atoms with Crippen molar-refractivity contribution >= 4 is 33.0 Å². The molecule has 0 amide bonds. The van der Waals surface area contributed by atoms with Crippen molar-refractivity contribution in [2.75, 3.05) is 12.3 Å². The van der Waals surface area contributed by atoms with E-state index in [1.165, 1.54) is 4.88 Å². The molecule has 2 rings (SSSR count). The summed E-state index contributed by atoms with van der Waals surface area (Å²) in [7, 11) is 0. The molecule has 90 valence electrons. The number of halogens is 1. The van der Waals surface area contributed by atoms with E-state index in [9.17, 15) is 0 Å². The summed E-state index contributed by atoms with van der Waals surface area (Å²) in [6.07, 6.45) is 4.09. The predicted octanol–water partition coefficient (Wildman–Crippen LogP) is 2.81. The number of thiazole rings is 1. The first kappa shape index (κ1) is 12.3. The van der Waals surface area contributed by atoms with Gasteiger partial charge < -0.3 is 10.5 Å². The minimum absolute atomic E-state index is 0.542. The number of anilines is 1. The minimum Gasteiger partial charge on any atom is -0.490 e. The lowest BCUT2D eigenvalue weighted by Crippen LogP contribution is -2.04. The van der Waals surface area contributed by atoms with Crippen LogP contribution in [0.15, 0.2) is 22.4 Å². The highest BCUT2D eigenvalue weighted by atomic mass is 79.9. The zero-order valence-corrected chi connectivity index (χ0v) is 11.7. The highest BCUT2D eigenvalue weighted by Gasteiger charge is 2.07. The number of nitrogens with two attached hydrogens (primary N) is 1. The largest absolute Gasteiger partial charge is 0.490 e. The van der Waals surface area contributed by atoms with Crippen LogP contribution in [0.25, 0.3) is 0 Å². The van der Waals surface area contributed by atoms with E-state index >= 15 is 0 Å². The summed E-state index contributed by atoms with van der Waals surface area (Å²) in [4.78, 5) is 9.40. The summed E-state index contributed by atoms with van der Waals surface area (Å²) >= 11 is 5.01. The van der Waals surface area contributed by atoms with E-state index in [-0.39, 0.29) is 0 Å². The van der Waals surface area contributed by atoms with Crippen molar-refractivity contribution in [1.29, 1.82) is 0 Å². The van der Waals surface area contributed by atoms with E-state index in [4.69, 9.17) is 10.5 Å². The molecule has 6 heteroatoms. The van der Waals surface area contributed by atoms with Crippen LogP contribution in [0.3, 0.4) is 0 Å². The second kappa shape index (κ2) is 5.46. The third-order valence-electron chi connectivity index (χ3n) is 2.30. The number of hydrogen-bond donors (Lipinski definition) is 1. The molecule has 0 saturated heterocycles. The molecule has 0 aromatic carbocycles. The average Bonchev–Trinajstić information content (AvgIpc) is 2.69. The van der Waals surface area contributed by atoms with E-state index in [0.717, 1.165) is 16.6 Å². The van der Waals surface area contributed by atoms with E-state index in [1.54, 1.807) is 23.7 Å². The molecule has 0 aliphatic rings. The van der Waals surface area contributed by atoms with Crippen LogP contribution in [0, 0.1) is 6.92 Å². The molecule has 2 N–H and O–H groups in total. The van der Waals surface area contributed by atoms with Crippen molar-refractivity contribution in [3.05, 3.63) is 32.9 Å². The van der Waals surface area contributed by atoms with Crippen LogP contribution in [-0.4, -0.2) is 16.6 Å². The molecule has 0 unspecified atom stereocenters. The Kier molecular flexibility index (Phi) is 3.96. The average molecular weight is 314 g/mol. The van der Waals surface area contributed by atoms with Crippen LogP contribution in [0.1, 0.15) is 10.6 Å². The molecular formula is C11H12BrN3OS. The van der Waals surface area contributed by atoms with Gasteiger partial charge in [-0.05, 0) is 22.9 Å². The lowest BCUT2D eigenvalue weighted by Gasteiger charge is -2.09. The smallest absolute Gasteiger partial charge is 0.159 e. The van der Waals surface area contributed by atoms with Gasteiger partial charge in [0.05, 0.1) is 34.2 Å². The molecule has 0 atom stereocenters. The molecule has 17 heavy (non-hydrogen) atoms. The SMILES string of the molecule is Cc1ncsc1CCOc1c(N)cncc1Br. The van der Waals surface area contributed by atoms with Crippen molar-refractivity contribution in [3.63, 3.8) is 0 Å². The molecule has 0 fully saturated rings. The molecule has 2 heterocycles. The Bertz CT molecular complexity index is 495. The van der Waals surface area contributed by atoms with E-state index in [1.807, 2.05) is 12.4 Å². The highest BCUT2D eigenvalue weighted by molar-refractivity contribution is 9.10. The molecule has 0 aliphatic heterocycles. The van der Waals surface area contributed by atoms with Gasteiger partial charge in [-0.1, -0.05) is 0 Å². The van der Waals surface area contributed by atoms with Crippen molar-refractivity contribution in [1.82, 2.24) is 9.97 Å². The van der Waals surface area contributed by atoms with Gasteiger partial charge in [0.2, 0.25) is 0 Å². The van der Waals surface area contributed by atoms with Gasteiger partial charge in [-0.2, -0.15) is 0 Å². The number of aryl methyl sites for hydroxylation is 1. The van der Waals surface area contributed by atoms with Crippen LogP contribution in [0.2, 0.25) is 0 Å². The van der Waals surface area contributed by atoms with Crippen molar-refractivity contribution in [3.8, 4) is 5.75 Å². The van der Waals surface area contributed by atoms with Gasteiger partial charge >= 0.3 is 0 Å². The first-order valence-electron chi connectivity index (χ1n) is 5.09. The Balaban J connectivity index is 1.97. The van der Waals surface area contributed by atoms with Crippen LogP contribution in [0.4, 0.5) is 5.69 Å². The molecule has 4 nitrogen and oxygen atoms in total. The van der Waals surface area contributed by atoms with E-state index in [0.29, 0.717) is 18.0 Å². The molecule has 2 aromatic rings. The van der Waals surface area contributed by atoms with Crippen molar-refractivity contribution < 1.29 is 4.74 Å². The topological polar surface area (TPSA) is 61.0 Å². The fourth-order valence-corrected chi connectivity index (χ4v) is 2.63. The summed E-state index contributed by atoms with van der Waals surface area (Å²) in [5.41, 5.74) is 9.24. The Morgan fingerprint density at radius 2 is 2.29 bits per heavy atom. The fraction of sp³-hybridized carbons (Fsp3) is 0.273. The number of rotatable bonds is 4. The van der Waals surface area contributed by atoms with Gasteiger partial charge in [0.25, 0.3) is 0 Å². The highest BCUT2D eigenvalue weighted by Crippen LogP contribution is 2.29.